The van der Waals surface area contributed by atoms with Crippen LogP contribution in [0.2, 0.25) is 0 Å². The van der Waals surface area contributed by atoms with Crippen LogP contribution in [0.5, 0.6) is 28.7 Å². The predicted octanol–water partition coefficient (Wildman–Crippen LogP) is 4.38. The summed E-state index contributed by atoms with van der Waals surface area (Å²) in [5.41, 5.74) is 2.93. The van der Waals surface area contributed by atoms with Crippen molar-refractivity contribution < 1.29 is 24.8 Å². The lowest BCUT2D eigenvalue weighted by Crippen LogP contribution is -2.13. The number of ether oxygens (including phenoxy) is 2. The molecule has 8 nitrogen and oxygen atoms in total. The molecule has 9 heteroatoms. The molecule has 4 aromatic rings. The van der Waals surface area contributed by atoms with E-state index in [1.165, 1.54) is 35.2 Å². The molecule has 1 aromatic heterocycles. The maximum Gasteiger partial charge on any atom is 0.206 e. The van der Waals surface area contributed by atoms with Gasteiger partial charge in [-0.15, -0.1) is 11.3 Å². The Morgan fingerprint density at radius 3 is 2.49 bits per heavy atom. The molecule has 0 aliphatic rings. The third-order valence-corrected chi connectivity index (χ3v) is 6.19. The van der Waals surface area contributed by atoms with Gasteiger partial charge >= 0.3 is 0 Å². The lowest BCUT2D eigenvalue weighted by molar-refractivity contribution is 0.367. The monoisotopic (exact) mass is 491 g/mol. The van der Waals surface area contributed by atoms with Gasteiger partial charge in [0.15, 0.2) is 11.5 Å². The van der Waals surface area contributed by atoms with Gasteiger partial charge in [-0.05, 0) is 36.2 Å². The summed E-state index contributed by atoms with van der Waals surface area (Å²) in [5, 5.41) is 36.2. The van der Waals surface area contributed by atoms with Crippen LogP contribution in [0.15, 0.2) is 76.1 Å². The molecule has 180 valence electrons. The summed E-state index contributed by atoms with van der Waals surface area (Å²) < 4.78 is 12.6. The minimum atomic E-state index is -0.603. The molecule has 0 spiro atoms. The van der Waals surface area contributed by atoms with Crippen LogP contribution < -0.4 is 14.3 Å². The highest BCUT2D eigenvalue weighted by atomic mass is 32.1. The number of methoxy groups -OCH3 is 2. The summed E-state index contributed by atoms with van der Waals surface area (Å²) in [6, 6.07) is 18.3. The van der Waals surface area contributed by atoms with Crippen molar-refractivity contribution in [1.82, 2.24) is 4.68 Å². The van der Waals surface area contributed by atoms with Crippen molar-refractivity contribution in [2.75, 3.05) is 20.8 Å². The van der Waals surface area contributed by atoms with E-state index >= 15 is 0 Å². The van der Waals surface area contributed by atoms with Crippen LogP contribution in [-0.2, 0) is 6.42 Å². The van der Waals surface area contributed by atoms with E-state index in [0.29, 0.717) is 22.8 Å². The van der Waals surface area contributed by atoms with E-state index in [-0.39, 0.29) is 5.56 Å². The Morgan fingerprint density at radius 2 is 1.74 bits per heavy atom. The van der Waals surface area contributed by atoms with Gasteiger partial charge in [0.2, 0.25) is 10.6 Å². The Kier molecular flexibility index (Phi) is 7.37. The normalized spacial score (nSPS) is 11.8. The first-order chi connectivity index (χ1) is 17.0. The average molecular weight is 492 g/mol. The summed E-state index contributed by atoms with van der Waals surface area (Å²) in [6.45, 7) is 0.560. The number of phenols is 3. The summed E-state index contributed by atoms with van der Waals surface area (Å²) >= 11 is 1.42. The zero-order chi connectivity index (χ0) is 24.8. The Morgan fingerprint density at radius 1 is 0.943 bits per heavy atom. The van der Waals surface area contributed by atoms with Gasteiger partial charge in [0, 0.05) is 29.1 Å². The van der Waals surface area contributed by atoms with Crippen molar-refractivity contribution in [2.24, 2.45) is 10.1 Å². The molecular weight excluding hydrogens is 466 g/mol. The highest BCUT2D eigenvalue weighted by Gasteiger charge is 2.15. The quantitative estimate of drug-likeness (QED) is 0.250. The molecule has 0 radical (unpaired) electrons. The zero-order valence-corrected chi connectivity index (χ0v) is 20.1. The highest BCUT2D eigenvalue weighted by molar-refractivity contribution is 7.07. The van der Waals surface area contributed by atoms with E-state index in [1.807, 2.05) is 35.7 Å². The predicted molar refractivity (Wildman–Crippen MR) is 136 cm³/mol. The number of hydrogen-bond acceptors (Lipinski definition) is 8. The van der Waals surface area contributed by atoms with Gasteiger partial charge in [0.25, 0.3) is 0 Å². The third kappa shape index (κ3) is 5.30. The van der Waals surface area contributed by atoms with Crippen LogP contribution in [0.25, 0.3) is 11.3 Å². The smallest absolute Gasteiger partial charge is 0.206 e. The molecule has 35 heavy (non-hydrogen) atoms. The number of aromatic nitrogens is 1. The number of phenolic OH excluding ortho intramolecular Hbond substituents is 3. The van der Waals surface area contributed by atoms with Gasteiger partial charge in [-0.2, -0.15) is 5.10 Å². The largest absolute Gasteiger partial charge is 0.504 e. The Balaban J connectivity index is 1.77. The van der Waals surface area contributed by atoms with Gasteiger partial charge < -0.3 is 24.8 Å². The molecule has 0 aliphatic carbocycles. The molecule has 0 saturated carbocycles. The summed E-state index contributed by atoms with van der Waals surface area (Å²) in [6.07, 6.45) is 2.17. The minimum Gasteiger partial charge on any atom is -0.504 e. The molecule has 0 bridgehead atoms. The van der Waals surface area contributed by atoms with E-state index in [2.05, 4.69) is 17.2 Å². The summed E-state index contributed by atoms with van der Waals surface area (Å²) in [4.78, 5) is 5.40. The van der Waals surface area contributed by atoms with E-state index in [0.717, 1.165) is 17.7 Å². The van der Waals surface area contributed by atoms with Crippen LogP contribution in [0.3, 0.4) is 0 Å². The Bertz CT molecular complexity index is 1410. The maximum atomic E-state index is 10.2. The standard InChI is InChI=1S/C26H25N3O5S/c1-33-19-9-10-20(23(14-19)34-2)21-16-35-26(27-13-12-17-6-4-3-5-7-17)29(21)28-15-18-8-11-22(30)25(32)24(18)31/h3-11,14-16,30-32H,12-13H2,1-2H3. The molecule has 3 N–H and O–H groups in total. The second kappa shape index (κ2) is 10.8. The van der Waals surface area contributed by atoms with E-state index < -0.39 is 17.2 Å². The van der Waals surface area contributed by atoms with E-state index in [4.69, 9.17) is 14.5 Å². The molecule has 0 unspecified atom stereocenters. The van der Waals surface area contributed by atoms with Crippen molar-refractivity contribution >= 4 is 17.6 Å². The second-order valence-corrected chi connectivity index (χ2v) is 8.35. The number of nitrogens with zero attached hydrogens (tertiary/aromatic N) is 3. The molecular formula is C26H25N3O5S. The van der Waals surface area contributed by atoms with Crippen LogP contribution in [0, 0.1) is 0 Å². The molecule has 3 aromatic carbocycles. The van der Waals surface area contributed by atoms with Crippen LogP contribution in [0.1, 0.15) is 11.1 Å². The van der Waals surface area contributed by atoms with Gasteiger partial charge in [0.05, 0.1) is 26.1 Å². The Labute approximate surface area is 206 Å². The van der Waals surface area contributed by atoms with Crippen molar-refractivity contribution in [3.05, 3.63) is 82.0 Å². The van der Waals surface area contributed by atoms with Crippen LogP contribution in [0.4, 0.5) is 0 Å². The van der Waals surface area contributed by atoms with E-state index in [1.54, 1.807) is 25.0 Å². The summed E-state index contributed by atoms with van der Waals surface area (Å²) in [5.74, 6) is -0.215. The fourth-order valence-electron chi connectivity index (χ4n) is 3.45. The lowest BCUT2D eigenvalue weighted by Gasteiger charge is -2.11. The van der Waals surface area contributed by atoms with E-state index in [9.17, 15) is 15.3 Å². The first-order valence-electron chi connectivity index (χ1n) is 10.8. The number of thiazole rings is 1. The fraction of sp³-hybridized carbons (Fsp3) is 0.154. The van der Waals surface area contributed by atoms with Gasteiger partial charge in [0.1, 0.15) is 11.5 Å². The van der Waals surface area contributed by atoms with Crippen LogP contribution in [-0.4, -0.2) is 47.0 Å². The molecule has 0 saturated heterocycles. The van der Waals surface area contributed by atoms with Crippen LogP contribution >= 0.6 is 11.3 Å². The van der Waals surface area contributed by atoms with Crippen molar-refractivity contribution in [3.8, 4) is 40.0 Å². The van der Waals surface area contributed by atoms with Gasteiger partial charge in [-0.1, -0.05) is 30.3 Å². The topological polar surface area (TPSA) is 109 Å². The minimum absolute atomic E-state index is 0.238. The molecule has 0 amide bonds. The highest BCUT2D eigenvalue weighted by Crippen LogP contribution is 2.36. The summed E-state index contributed by atoms with van der Waals surface area (Å²) in [7, 11) is 3.17. The SMILES string of the molecule is COc1ccc(-c2csc(=NCCc3ccccc3)n2N=Cc2ccc(O)c(O)c2O)c(OC)c1. The average Bonchev–Trinajstić information content (AvgIpc) is 3.29. The number of rotatable bonds is 8. The van der Waals surface area contributed by atoms with Gasteiger partial charge in [-0.3, -0.25) is 4.99 Å². The van der Waals surface area contributed by atoms with Crippen molar-refractivity contribution in [2.45, 2.75) is 6.42 Å². The molecule has 0 atom stereocenters. The third-order valence-electron chi connectivity index (χ3n) is 5.33. The maximum absolute atomic E-state index is 10.2. The molecule has 0 aliphatic heterocycles. The molecule has 0 fully saturated rings. The zero-order valence-electron chi connectivity index (χ0n) is 19.3. The number of benzene rings is 3. The first-order valence-corrected chi connectivity index (χ1v) is 11.7. The first kappa shape index (κ1) is 23.9. The van der Waals surface area contributed by atoms with Crippen molar-refractivity contribution in [3.63, 3.8) is 0 Å². The molecule has 4 rings (SSSR count). The molecule has 1 heterocycles. The second-order valence-electron chi connectivity index (χ2n) is 7.51. The number of hydrogen-bond donors (Lipinski definition) is 3. The van der Waals surface area contributed by atoms with Gasteiger partial charge in [-0.25, -0.2) is 4.68 Å². The van der Waals surface area contributed by atoms with Crippen molar-refractivity contribution in [1.29, 1.82) is 0 Å². The number of aromatic hydroxyl groups is 3. The Hall–Kier alpha value is -4.24. The fourth-order valence-corrected chi connectivity index (χ4v) is 4.30. The lowest BCUT2D eigenvalue weighted by atomic mass is 10.1.